The Hall–Kier alpha value is -0.510. The Morgan fingerprint density at radius 1 is 0.731 bits per heavy atom. The zero-order valence-corrected chi connectivity index (χ0v) is 17.8. The third kappa shape index (κ3) is 4.15. The number of hydrogen-bond acceptors (Lipinski definition) is 1. The fourth-order valence-corrected chi connectivity index (χ4v) is 6.94. The quantitative estimate of drug-likeness (QED) is 0.381. The second-order valence-corrected chi connectivity index (χ2v) is 10.4. The molecule has 0 aromatic rings. The second kappa shape index (κ2) is 8.67. The number of nitrogens with zero attached hydrogens (tertiary/aromatic N) is 1. The summed E-state index contributed by atoms with van der Waals surface area (Å²) in [5.74, 6) is 0.934. The Morgan fingerprint density at radius 2 is 1.27 bits per heavy atom. The topological polar surface area (TPSA) is 23.8 Å². The standard InChI is InChI=1S/C25H43N/c1-3-5-7-11-23-15-18-25(19-16-23,20-17-23)22-9-13-24(21-26,14-10-22)12-8-6-4-2/h22H,3-20H2,1-2H3. The number of nitriles is 1. The van der Waals surface area contributed by atoms with Gasteiger partial charge in [-0.05, 0) is 93.8 Å². The molecule has 148 valence electrons. The van der Waals surface area contributed by atoms with Crippen LogP contribution in [0.1, 0.15) is 129 Å². The lowest BCUT2D eigenvalue weighted by Gasteiger charge is -2.58. The molecule has 0 spiro atoms. The van der Waals surface area contributed by atoms with Gasteiger partial charge in [-0.1, -0.05) is 52.4 Å². The maximum Gasteiger partial charge on any atom is 0.0689 e. The van der Waals surface area contributed by atoms with Crippen molar-refractivity contribution in [3.8, 4) is 6.07 Å². The molecule has 0 saturated heterocycles. The summed E-state index contributed by atoms with van der Waals surface area (Å²) in [4.78, 5) is 0. The first kappa shape index (κ1) is 20.2. The van der Waals surface area contributed by atoms with E-state index in [1.807, 2.05) is 0 Å². The van der Waals surface area contributed by atoms with Crippen molar-refractivity contribution < 1.29 is 0 Å². The van der Waals surface area contributed by atoms with Crippen molar-refractivity contribution in [3.05, 3.63) is 0 Å². The lowest BCUT2D eigenvalue weighted by molar-refractivity contribution is -0.0690. The van der Waals surface area contributed by atoms with Gasteiger partial charge in [0.05, 0.1) is 11.5 Å². The third-order valence-corrected chi connectivity index (χ3v) is 9.08. The minimum atomic E-state index is 0.0373. The molecule has 0 aromatic heterocycles. The molecule has 26 heavy (non-hydrogen) atoms. The Labute approximate surface area is 163 Å². The summed E-state index contributed by atoms with van der Waals surface area (Å²) in [5.41, 5.74) is 1.45. The van der Waals surface area contributed by atoms with Crippen LogP contribution in [0.4, 0.5) is 0 Å². The minimum Gasteiger partial charge on any atom is -0.198 e. The highest BCUT2D eigenvalue weighted by Crippen LogP contribution is 2.64. The maximum absolute atomic E-state index is 9.85. The minimum absolute atomic E-state index is 0.0373. The van der Waals surface area contributed by atoms with Gasteiger partial charge < -0.3 is 0 Å². The first-order valence-electron chi connectivity index (χ1n) is 12.0. The summed E-state index contributed by atoms with van der Waals surface area (Å²) >= 11 is 0. The maximum atomic E-state index is 9.85. The lowest BCUT2D eigenvalue weighted by atomic mass is 9.47. The Kier molecular flexibility index (Phi) is 6.74. The molecule has 4 saturated carbocycles. The van der Waals surface area contributed by atoms with E-state index in [4.69, 9.17) is 0 Å². The molecule has 4 rings (SSSR count). The molecule has 0 aliphatic heterocycles. The van der Waals surface area contributed by atoms with Gasteiger partial charge >= 0.3 is 0 Å². The van der Waals surface area contributed by atoms with Crippen molar-refractivity contribution >= 4 is 0 Å². The molecule has 4 aliphatic rings. The third-order valence-electron chi connectivity index (χ3n) is 9.08. The van der Waals surface area contributed by atoms with Crippen LogP contribution in [0, 0.1) is 33.5 Å². The lowest BCUT2D eigenvalue weighted by Crippen LogP contribution is -2.47. The molecule has 0 atom stereocenters. The molecule has 1 heteroatoms. The van der Waals surface area contributed by atoms with Crippen LogP contribution in [0.25, 0.3) is 0 Å². The summed E-state index contributed by atoms with van der Waals surface area (Å²) < 4.78 is 0. The van der Waals surface area contributed by atoms with Crippen LogP contribution < -0.4 is 0 Å². The van der Waals surface area contributed by atoms with Crippen molar-refractivity contribution in [2.75, 3.05) is 0 Å². The van der Waals surface area contributed by atoms with E-state index in [0.29, 0.717) is 5.41 Å². The normalized spacial score (nSPS) is 39.7. The highest BCUT2D eigenvalue weighted by Gasteiger charge is 2.52. The predicted molar refractivity (Wildman–Crippen MR) is 111 cm³/mol. The summed E-state index contributed by atoms with van der Waals surface area (Å²) in [7, 11) is 0. The molecular formula is C25H43N. The van der Waals surface area contributed by atoms with Crippen molar-refractivity contribution in [3.63, 3.8) is 0 Å². The van der Waals surface area contributed by atoms with Crippen LogP contribution in [0.3, 0.4) is 0 Å². The molecule has 0 aromatic carbocycles. The molecule has 0 heterocycles. The fraction of sp³-hybridized carbons (Fsp3) is 0.960. The van der Waals surface area contributed by atoms with E-state index >= 15 is 0 Å². The van der Waals surface area contributed by atoms with Gasteiger partial charge in [-0.3, -0.25) is 0 Å². The van der Waals surface area contributed by atoms with Crippen LogP contribution in [0.15, 0.2) is 0 Å². The first-order chi connectivity index (χ1) is 12.6. The molecular weight excluding hydrogens is 314 g/mol. The molecule has 4 aliphatic carbocycles. The van der Waals surface area contributed by atoms with E-state index in [1.54, 1.807) is 0 Å². The molecule has 0 amide bonds. The van der Waals surface area contributed by atoms with Crippen LogP contribution in [0.2, 0.25) is 0 Å². The zero-order valence-electron chi connectivity index (χ0n) is 17.8. The van der Waals surface area contributed by atoms with Gasteiger partial charge in [0, 0.05) is 0 Å². The highest BCUT2D eigenvalue weighted by atomic mass is 14.6. The number of fused-ring (bicyclic) bond motifs is 3. The van der Waals surface area contributed by atoms with Gasteiger partial charge in [0.25, 0.3) is 0 Å². The number of rotatable bonds is 9. The molecule has 0 N–H and O–H groups in total. The van der Waals surface area contributed by atoms with Crippen LogP contribution >= 0.6 is 0 Å². The van der Waals surface area contributed by atoms with Crippen molar-refractivity contribution in [1.29, 1.82) is 5.26 Å². The van der Waals surface area contributed by atoms with Gasteiger partial charge in [-0.2, -0.15) is 5.26 Å². The molecule has 0 radical (unpaired) electrons. The van der Waals surface area contributed by atoms with E-state index in [9.17, 15) is 5.26 Å². The van der Waals surface area contributed by atoms with Gasteiger partial charge in [0.1, 0.15) is 0 Å². The molecule has 1 nitrogen and oxygen atoms in total. The highest BCUT2D eigenvalue weighted by molar-refractivity contribution is 5.07. The molecule has 0 unspecified atom stereocenters. The summed E-state index contributed by atoms with van der Waals surface area (Å²) in [6.45, 7) is 4.60. The van der Waals surface area contributed by atoms with Crippen LogP contribution in [0.5, 0.6) is 0 Å². The first-order valence-corrected chi connectivity index (χ1v) is 12.0. The van der Waals surface area contributed by atoms with Crippen molar-refractivity contribution in [2.45, 2.75) is 129 Å². The average molecular weight is 358 g/mol. The predicted octanol–water partition coefficient (Wildman–Crippen LogP) is 8.19. The van der Waals surface area contributed by atoms with Gasteiger partial charge in [0.15, 0.2) is 0 Å². The van der Waals surface area contributed by atoms with E-state index in [1.165, 1.54) is 109 Å². The van der Waals surface area contributed by atoms with E-state index in [0.717, 1.165) is 17.8 Å². The molecule has 2 bridgehead atoms. The largest absolute Gasteiger partial charge is 0.198 e. The SMILES string of the molecule is CCCCCC1(C#N)CCC(C23CCC(CCCCC)(CC2)CC3)CC1. The fourth-order valence-electron chi connectivity index (χ4n) is 6.94. The van der Waals surface area contributed by atoms with E-state index in [-0.39, 0.29) is 5.41 Å². The number of unbranched alkanes of at least 4 members (excludes halogenated alkanes) is 4. The van der Waals surface area contributed by atoms with Crippen molar-refractivity contribution in [2.24, 2.45) is 22.2 Å². The van der Waals surface area contributed by atoms with Gasteiger partial charge in [0.2, 0.25) is 0 Å². The number of hydrogen-bond donors (Lipinski definition) is 0. The van der Waals surface area contributed by atoms with E-state index in [2.05, 4.69) is 19.9 Å². The van der Waals surface area contributed by atoms with Gasteiger partial charge in [-0.15, -0.1) is 0 Å². The van der Waals surface area contributed by atoms with E-state index < -0.39 is 0 Å². The monoisotopic (exact) mass is 357 g/mol. The summed E-state index contributed by atoms with van der Waals surface area (Å²) in [6.07, 6.45) is 25.0. The summed E-state index contributed by atoms with van der Waals surface area (Å²) in [6, 6.07) is 2.77. The van der Waals surface area contributed by atoms with Crippen molar-refractivity contribution in [1.82, 2.24) is 0 Å². The van der Waals surface area contributed by atoms with Crippen LogP contribution in [-0.4, -0.2) is 0 Å². The second-order valence-electron chi connectivity index (χ2n) is 10.4. The zero-order chi connectivity index (χ0) is 18.5. The summed E-state index contributed by atoms with van der Waals surface area (Å²) in [5, 5.41) is 9.85. The van der Waals surface area contributed by atoms with Gasteiger partial charge in [-0.25, -0.2) is 0 Å². The Morgan fingerprint density at radius 3 is 1.77 bits per heavy atom. The Bertz CT molecular complexity index is 452. The Balaban J connectivity index is 1.52. The van der Waals surface area contributed by atoms with Crippen LogP contribution in [-0.2, 0) is 0 Å². The molecule has 4 fully saturated rings. The average Bonchev–Trinajstić information content (AvgIpc) is 2.70. The smallest absolute Gasteiger partial charge is 0.0689 e.